The van der Waals surface area contributed by atoms with Gasteiger partial charge in [-0.3, -0.25) is 20.4 Å². The van der Waals surface area contributed by atoms with E-state index in [0.29, 0.717) is 17.6 Å². The lowest BCUT2D eigenvalue weighted by atomic mass is 9.96. The molecule has 30 heavy (non-hydrogen) atoms. The molecular weight excluding hydrogens is 376 g/mol. The van der Waals surface area contributed by atoms with E-state index in [1.165, 1.54) is 11.1 Å². The fourth-order valence-electron chi connectivity index (χ4n) is 3.12. The third kappa shape index (κ3) is 7.21. The maximum absolute atomic E-state index is 12.3. The second kappa shape index (κ2) is 11.4. The highest BCUT2D eigenvalue weighted by Gasteiger charge is 2.16. The molecule has 2 atom stereocenters. The molecule has 0 aromatic heterocycles. The molecule has 0 aliphatic carbocycles. The summed E-state index contributed by atoms with van der Waals surface area (Å²) in [5.74, 6) is 0.662. The zero-order valence-electron chi connectivity index (χ0n) is 18.7. The number of nitrogens with one attached hydrogen (secondary N) is 2. The van der Waals surface area contributed by atoms with Crippen LogP contribution in [0, 0.1) is 5.92 Å². The van der Waals surface area contributed by atoms with Crippen molar-refractivity contribution in [2.45, 2.75) is 59.3 Å². The molecule has 2 unspecified atom stereocenters. The molecule has 0 saturated carbocycles. The van der Waals surface area contributed by atoms with Crippen molar-refractivity contribution in [2.75, 3.05) is 6.61 Å². The fraction of sp³-hybridized carbons (Fsp3) is 0.440. The van der Waals surface area contributed by atoms with E-state index in [0.717, 1.165) is 18.4 Å². The van der Waals surface area contributed by atoms with Crippen molar-refractivity contribution in [3.8, 4) is 5.75 Å². The number of benzene rings is 2. The van der Waals surface area contributed by atoms with Crippen molar-refractivity contribution in [1.82, 2.24) is 10.9 Å². The standard InChI is InChI=1S/C25H34N2O3/c1-6-18(4)21-11-13-23(14-12-21)30-16-24(28)26-27-25(29)19(5)22-9-7-20(8-10-22)15-17(2)3/h7-14,17-19H,6,15-16H2,1-5H3,(H,26,28)(H,27,29). The predicted molar refractivity (Wildman–Crippen MR) is 120 cm³/mol. The lowest BCUT2D eigenvalue weighted by Crippen LogP contribution is -2.45. The SMILES string of the molecule is CCC(C)c1ccc(OCC(=O)NNC(=O)C(C)c2ccc(CC(C)C)cc2)cc1. The second-order valence-electron chi connectivity index (χ2n) is 8.27. The Bertz CT molecular complexity index is 813. The monoisotopic (exact) mass is 410 g/mol. The molecule has 0 heterocycles. The quantitative estimate of drug-likeness (QED) is 0.587. The van der Waals surface area contributed by atoms with Gasteiger partial charge in [0.05, 0.1) is 5.92 Å². The van der Waals surface area contributed by atoms with E-state index in [9.17, 15) is 9.59 Å². The minimum atomic E-state index is -0.408. The van der Waals surface area contributed by atoms with Gasteiger partial charge >= 0.3 is 0 Å². The molecule has 162 valence electrons. The van der Waals surface area contributed by atoms with Crippen molar-refractivity contribution in [2.24, 2.45) is 5.92 Å². The molecular formula is C25H34N2O3. The van der Waals surface area contributed by atoms with Crippen LogP contribution in [-0.4, -0.2) is 18.4 Å². The first-order valence-electron chi connectivity index (χ1n) is 10.7. The molecule has 2 aromatic rings. The number of carbonyl (C=O) groups excluding carboxylic acids is 2. The maximum atomic E-state index is 12.3. The van der Waals surface area contributed by atoms with Crippen molar-refractivity contribution in [1.29, 1.82) is 0 Å². The summed E-state index contributed by atoms with van der Waals surface area (Å²) in [6.45, 7) is 10.3. The maximum Gasteiger partial charge on any atom is 0.276 e. The van der Waals surface area contributed by atoms with Gasteiger partial charge < -0.3 is 4.74 Å². The Kier molecular flexibility index (Phi) is 8.90. The first-order chi connectivity index (χ1) is 14.3. The van der Waals surface area contributed by atoms with Gasteiger partial charge in [-0.2, -0.15) is 0 Å². The molecule has 0 radical (unpaired) electrons. The molecule has 2 amide bonds. The number of hydrogen-bond donors (Lipinski definition) is 2. The molecule has 2 aromatic carbocycles. The molecule has 0 bridgehead atoms. The Morgan fingerprint density at radius 2 is 1.47 bits per heavy atom. The lowest BCUT2D eigenvalue weighted by Gasteiger charge is -2.15. The van der Waals surface area contributed by atoms with Crippen LogP contribution in [0.15, 0.2) is 48.5 Å². The van der Waals surface area contributed by atoms with Gasteiger partial charge in [0.1, 0.15) is 5.75 Å². The van der Waals surface area contributed by atoms with Gasteiger partial charge in [-0.1, -0.05) is 64.1 Å². The normalized spacial score (nSPS) is 12.9. The first-order valence-corrected chi connectivity index (χ1v) is 10.7. The van der Waals surface area contributed by atoms with Gasteiger partial charge in [-0.05, 0) is 60.4 Å². The number of hydrogen-bond acceptors (Lipinski definition) is 3. The average molecular weight is 411 g/mol. The Morgan fingerprint density at radius 1 is 0.867 bits per heavy atom. The highest BCUT2D eigenvalue weighted by atomic mass is 16.5. The molecule has 5 heteroatoms. The predicted octanol–water partition coefficient (Wildman–Crippen LogP) is 4.73. The summed E-state index contributed by atoms with van der Waals surface area (Å²) < 4.78 is 5.50. The Labute approximate surface area is 180 Å². The first kappa shape index (κ1) is 23.5. The van der Waals surface area contributed by atoms with Gasteiger partial charge in [0, 0.05) is 0 Å². The average Bonchev–Trinajstić information content (AvgIpc) is 2.75. The van der Waals surface area contributed by atoms with Crippen LogP contribution in [0.5, 0.6) is 5.75 Å². The molecule has 2 rings (SSSR count). The van der Waals surface area contributed by atoms with E-state index in [2.05, 4.69) is 50.7 Å². The van der Waals surface area contributed by atoms with Crippen molar-refractivity contribution in [3.63, 3.8) is 0 Å². The minimum absolute atomic E-state index is 0.165. The van der Waals surface area contributed by atoms with Gasteiger partial charge in [0.2, 0.25) is 5.91 Å². The minimum Gasteiger partial charge on any atom is -0.484 e. The van der Waals surface area contributed by atoms with Crippen LogP contribution in [0.25, 0.3) is 0 Å². The number of rotatable bonds is 9. The summed E-state index contributed by atoms with van der Waals surface area (Å²) in [7, 11) is 0. The highest BCUT2D eigenvalue weighted by Crippen LogP contribution is 2.21. The highest BCUT2D eigenvalue weighted by molar-refractivity contribution is 5.86. The second-order valence-corrected chi connectivity index (χ2v) is 8.27. The smallest absolute Gasteiger partial charge is 0.276 e. The Morgan fingerprint density at radius 3 is 2.03 bits per heavy atom. The largest absolute Gasteiger partial charge is 0.484 e. The van der Waals surface area contributed by atoms with Crippen LogP contribution >= 0.6 is 0 Å². The zero-order valence-corrected chi connectivity index (χ0v) is 18.7. The van der Waals surface area contributed by atoms with Crippen LogP contribution in [0.1, 0.15) is 69.6 Å². The summed E-state index contributed by atoms with van der Waals surface area (Å²) in [6, 6.07) is 15.8. The van der Waals surface area contributed by atoms with Crippen molar-refractivity contribution in [3.05, 3.63) is 65.2 Å². The fourth-order valence-corrected chi connectivity index (χ4v) is 3.12. The van der Waals surface area contributed by atoms with E-state index in [4.69, 9.17) is 4.74 Å². The summed E-state index contributed by atoms with van der Waals surface area (Å²) >= 11 is 0. The topological polar surface area (TPSA) is 67.4 Å². The van der Waals surface area contributed by atoms with Gasteiger partial charge in [-0.15, -0.1) is 0 Å². The van der Waals surface area contributed by atoms with Gasteiger partial charge in [0.15, 0.2) is 6.61 Å². The lowest BCUT2D eigenvalue weighted by molar-refractivity contribution is -0.130. The molecule has 0 saturated heterocycles. The molecule has 5 nitrogen and oxygen atoms in total. The number of ether oxygens (including phenoxy) is 1. The summed E-state index contributed by atoms with van der Waals surface area (Å²) in [4.78, 5) is 24.3. The van der Waals surface area contributed by atoms with Crippen LogP contribution < -0.4 is 15.6 Å². The zero-order chi connectivity index (χ0) is 22.1. The molecule has 0 spiro atoms. The van der Waals surface area contributed by atoms with Crippen LogP contribution in [0.3, 0.4) is 0 Å². The summed E-state index contributed by atoms with van der Waals surface area (Å²) in [5, 5.41) is 0. The van der Waals surface area contributed by atoms with Crippen LogP contribution in [-0.2, 0) is 16.0 Å². The molecule has 2 N–H and O–H groups in total. The van der Waals surface area contributed by atoms with E-state index < -0.39 is 5.91 Å². The third-order valence-corrected chi connectivity index (χ3v) is 5.27. The molecule has 0 aliphatic heterocycles. The third-order valence-electron chi connectivity index (χ3n) is 5.27. The van der Waals surface area contributed by atoms with Crippen LogP contribution in [0.4, 0.5) is 0 Å². The Hall–Kier alpha value is -2.82. The van der Waals surface area contributed by atoms with Crippen molar-refractivity contribution >= 4 is 11.8 Å². The van der Waals surface area contributed by atoms with E-state index >= 15 is 0 Å². The molecule has 0 aliphatic rings. The van der Waals surface area contributed by atoms with Crippen LogP contribution in [0.2, 0.25) is 0 Å². The number of carbonyl (C=O) groups is 2. The van der Waals surface area contributed by atoms with E-state index in [1.807, 2.05) is 43.3 Å². The molecule has 0 fully saturated rings. The summed E-state index contributed by atoms with van der Waals surface area (Å²) in [5.41, 5.74) is 8.30. The van der Waals surface area contributed by atoms with E-state index in [-0.39, 0.29) is 18.4 Å². The van der Waals surface area contributed by atoms with Crippen molar-refractivity contribution < 1.29 is 14.3 Å². The Balaban J connectivity index is 1.77. The van der Waals surface area contributed by atoms with Gasteiger partial charge in [-0.25, -0.2) is 0 Å². The van der Waals surface area contributed by atoms with Gasteiger partial charge in [0.25, 0.3) is 5.91 Å². The number of hydrazine groups is 1. The number of amides is 2. The summed E-state index contributed by atoms with van der Waals surface area (Å²) in [6.07, 6.45) is 2.08. The van der Waals surface area contributed by atoms with E-state index in [1.54, 1.807) is 0 Å².